The molecular weight excluding hydrogens is 254 g/mol. The summed E-state index contributed by atoms with van der Waals surface area (Å²) in [6, 6.07) is 0. The second-order valence-electron chi connectivity index (χ2n) is 6.05. The van der Waals surface area contributed by atoms with E-state index >= 15 is 0 Å². The van der Waals surface area contributed by atoms with Crippen LogP contribution in [0, 0.1) is 5.41 Å². The maximum absolute atomic E-state index is 12.0. The first-order valence-electron chi connectivity index (χ1n) is 6.44. The smallest absolute Gasteiger partial charge is 0.258 e. The number of carbonyl (C=O) groups excluding carboxylic acids is 1. The maximum atomic E-state index is 12.0. The molecule has 18 heavy (non-hydrogen) atoms. The molecule has 2 aliphatic rings. The lowest BCUT2D eigenvalue weighted by molar-refractivity contribution is -0.134. The van der Waals surface area contributed by atoms with Gasteiger partial charge in [-0.25, -0.2) is 12.7 Å². The Hall–Kier alpha value is -0.620. The summed E-state index contributed by atoms with van der Waals surface area (Å²) in [5, 5.41) is 9.56. The van der Waals surface area contributed by atoms with Crippen molar-refractivity contribution in [1.29, 1.82) is 0 Å². The second-order valence-corrected chi connectivity index (χ2v) is 8.46. The Morgan fingerprint density at radius 1 is 1.22 bits per heavy atom. The minimum Gasteiger partial charge on any atom is -0.396 e. The van der Waals surface area contributed by atoms with Gasteiger partial charge in [-0.2, -0.15) is 0 Å². The van der Waals surface area contributed by atoms with Gasteiger partial charge < -0.3 is 5.11 Å². The molecule has 0 aromatic rings. The minimum absolute atomic E-state index is 0.0489. The normalized spacial score (nSPS) is 28.8. The van der Waals surface area contributed by atoms with E-state index in [9.17, 15) is 18.3 Å². The molecular formula is C12H21NO4S. The van der Waals surface area contributed by atoms with E-state index in [4.69, 9.17) is 0 Å². The second kappa shape index (κ2) is 4.20. The topological polar surface area (TPSA) is 74.7 Å². The highest BCUT2D eigenvalue weighted by Crippen LogP contribution is 2.42. The summed E-state index contributed by atoms with van der Waals surface area (Å²) < 4.78 is 23.7. The molecule has 104 valence electrons. The summed E-state index contributed by atoms with van der Waals surface area (Å²) in [5.74, 6) is -0.346. The van der Waals surface area contributed by atoms with Crippen LogP contribution < -0.4 is 0 Å². The van der Waals surface area contributed by atoms with Gasteiger partial charge in [0, 0.05) is 12.0 Å². The summed E-state index contributed by atoms with van der Waals surface area (Å²) in [6.07, 6.45) is 4.69. The van der Waals surface area contributed by atoms with E-state index in [-0.39, 0.29) is 19.1 Å². The van der Waals surface area contributed by atoms with Gasteiger partial charge in [0.15, 0.2) is 4.75 Å². The highest BCUT2D eigenvalue weighted by Gasteiger charge is 2.61. The summed E-state index contributed by atoms with van der Waals surface area (Å²) in [6.45, 7) is 2.97. The molecule has 2 rings (SSSR count). The highest BCUT2D eigenvalue weighted by molar-refractivity contribution is 7.94. The first kappa shape index (κ1) is 13.8. The van der Waals surface area contributed by atoms with Crippen molar-refractivity contribution in [2.45, 2.75) is 50.7 Å². The van der Waals surface area contributed by atoms with E-state index in [0.717, 1.165) is 36.4 Å². The SMILES string of the molecule is CC1(C)C(=O)N(CC2(CO)CCCCC2)S1(=O)=O. The van der Waals surface area contributed by atoms with E-state index in [1.165, 1.54) is 13.8 Å². The van der Waals surface area contributed by atoms with Crippen molar-refractivity contribution < 1.29 is 18.3 Å². The van der Waals surface area contributed by atoms with E-state index in [2.05, 4.69) is 0 Å². The van der Waals surface area contributed by atoms with Gasteiger partial charge in [-0.05, 0) is 26.7 Å². The van der Waals surface area contributed by atoms with Crippen LogP contribution in [-0.2, 0) is 14.8 Å². The van der Waals surface area contributed by atoms with E-state index < -0.39 is 20.2 Å². The predicted octanol–water partition coefficient (Wildman–Crippen LogP) is 0.880. The van der Waals surface area contributed by atoms with E-state index in [1.54, 1.807) is 0 Å². The third kappa shape index (κ3) is 1.77. The fourth-order valence-electron chi connectivity index (χ4n) is 2.89. The molecule has 1 aliphatic heterocycles. The lowest BCUT2D eigenvalue weighted by Gasteiger charge is -2.48. The number of amides is 1. The summed E-state index contributed by atoms with van der Waals surface area (Å²) >= 11 is 0. The molecule has 5 nitrogen and oxygen atoms in total. The van der Waals surface area contributed by atoms with E-state index in [1.807, 2.05) is 0 Å². The van der Waals surface area contributed by atoms with Crippen molar-refractivity contribution >= 4 is 15.9 Å². The summed E-state index contributed by atoms with van der Waals surface area (Å²) in [7, 11) is -3.52. The maximum Gasteiger partial charge on any atom is 0.258 e. The third-order valence-corrected chi connectivity index (χ3v) is 6.74. The molecule has 1 amide bonds. The number of hydrogen-bond donors (Lipinski definition) is 1. The Morgan fingerprint density at radius 2 is 1.78 bits per heavy atom. The average Bonchev–Trinajstić information content (AvgIpc) is 2.36. The fourth-order valence-corrected chi connectivity index (χ4v) is 4.53. The number of aliphatic hydroxyl groups excluding tert-OH is 1. The van der Waals surface area contributed by atoms with Crippen molar-refractivity contribution in [1.82, 2.24) is 4.31 Å². The van der Waals surface area contributed by atoms with Crippen molar-refractivity contribution in [2.24, 2.45) is 5.41 Å². The Balaban J connectivity index is 2.17. The zero-order valence-corrected chi connectivity index (χ0v) is 11.8. The zero-order chi connectivity index (χ0) is 13.6. The molecule has 1 aliphatic carbocycles. The van der Waals surface area contributed by atoms with Gasteiger partial charge in [0.2, 0.25) is 0 Å². The monoisotopic (exact) mass is 275 g/mol. The minimum atomic E-state index is -3.52. The van der Waals surface area contributed by atoms with Gasteiger partial charge in [0.1, 0.15) is 0 Å². The molecule has 6 heteroatoms. The number of aliphatic hydroxyl groups is 1. The van der Waals surface area contributed by atoms with Crippen molar-refractivity contribution in [3.8, 4) is 0 Å². The van der Waals surface area contributed by atoms with E-state index in [0.29, 0.717) is 0 Å². The highest BCUT2D eigenvalue weighted by atomic mass is 32.2. The van der Waals surface area contributed by atoms with Crippen LogP contribution in [0.25, 0.3) is 0 Å². The zero-order valence-electron chi connectivity index (χ0n) is 11.0. The lowest BCUT2D eigenvalue weighted by Crippen LogP contribution is -2.69. The van der Waals surface area contributed by atoms with Crippen LogP contribution in [-0.4, -0.2) is 41.6 Å². The average molecular weight is 275 g/mol. The van der Waals surface area contributed by atoms with Crippen molar-refractivity contribution in [2.75, 3.05) is 13.2 Å². The van der Waals surface area contributed by atoms with Crippen LogP contribution in [0.2, 0.25) is 0 Å². The first-order valence-corrected chi connectivity index (χ1v) is 7.88. The molecule has 0 radical (unpaired) electrons. The van der Waals surface area contributed by atoms with Gasteiger partial charge in [0.25, 0.3) is 15.9 Å². The first-order chi connectivity index (χ1) is 8.27. The van der Waals surface area contributed by atoms with Crippen LogP contribution in [0.1, 0.15) is 46.0 Å². The molecule has 2 fully saturated rings. The largest absolute Gasteiger partial charge is 0.396 e. The molecule has 1 saturated heterocycles. The van der Waals surface area contributed by atoms with Gasteiger partial charge in [-0.15, -0.1) is 0 Å². The van der Waals surface area contributed by atoms with Gasteiger partial charge in [0.05, 0.1) is 6.61 Å². The van der Waals surface area contributed by atoms with Gasteiger partial charge >= 0.3 is 0 Å². The van der Waals surface area contributed by atoms with Crippen LogP contribution in [0.5, 0.6) is 0 Å². The predicted molar refractivity (Wildman–Crippen MR) is 67.3 cm³/mol. The third-order valence-electron chi connectivity index (χ3n) is 4.41. The van der Waals surface area contributed by atoms with Crippen LogP contribution in [0.15, 0.2) is 0 Å². The van der Waals surface area contributed by atoms with Gasteiger partial charge in [-0.3, -0.25) is 4.79 Å². The molecule has 0 aromatic carbocycles. The lowest BCUT2D eigenvalue weighted by atomic mass is 9.74. The molecule has 1 heterocycles. The molecule has 0 unspecified atom stereocenters. The van der Waals surface area contributed by atoms with Crippen molar-refractivity contribution in [3.63, 3.8) is 0 Å². The Kier molecular flexibility index (Phi) is 3.22. The molecule has 0 atom stereocenters. The fraction of sp³-hybridized carbons (Fsp3) is 0.917. The number of hydrogen-bond acceptors (Lipinski definition) is 4. The molecule has 1 saturated carbocycles. The van der Waals surface area contributed by atoms with Gasteiger partial charge in [-0.1, -0.05) is 19.3 Å². The molecule has 0 spiro atoms. The summed E-state index contributed by atoms with van der Waals surface area (Å²) in [5.41, 5.74) is -0.419. The van der Waals surface area contributed by atoms with Crippen LogP contribution >= 0.6 is 0 Å². The van der Waals surface area contributed by atoms with Crippen LogP contribution in [0.3, 0.4) is 0 Å². The molecule has 1 N–H and O–H groups in total. The summed E-state index contributed by atoms with van der Waals surface area (Å²) in [4.78, 5) is 11.9. The number of sulfonamides is 1. The standard InChI is InChI=1S/C12H21NO4S/c1-11(2)10(15)13(18(11,16)17)8-12(9-14)6-4-3-5-7-12/h14H,3-9H2,1-2H3. The Labute approximate surface area is 108 Å². The molecule has 0 aromatic heterocycles. The van der Waals surface area contributed by atoms with Crippen molar-refractivity contribution in [3.05, 3.63) is 0 Å². The molecule has 0 bridgehead atoms. The number of carbonyl (C=O) groups is 1. The quantitative estimate of drug-likeness (QED) is 0.829. The Bertz CT molecular complexity index is 449. The number of nitrogens with zero attached hydrogens (tertiary/aromatic N) is 1. The van der Waals surface area contributed by atoms with Crippen LogP contribution in [0.4, 0.5) is 0 Å². The Morgan fingerprint density at radius 3 is 2.22 bits per heavy atom. The number of rotatable bonds is 3.